The summed E-state index contributed by atoms with van der Waals surface area (Å²) in [6.45, 7) is 0.952. The van der Waals surface area contributed by atoms with Crippen molar-refractivity contribution in [2.45, 2.75) is 19.6 Å². The minimum Gasteiger partial charge on any atom is -0.359 e. The third-order valence-electron chi connectivity index (χ3n) is 5.54. The van der Waals surface area contributed by atoms with Crippen LogP contribution in [0.15, 0.2) is 84.3 Å². The average Bonchev–Trinajstić information content (AvgIpc) is 3.51. The Morgan fingerprint density at radius 3 is 2.62 bits per heavy atom. The Morgan fingerprint density at radius 1 is 1.03 bits per heavy atom. The molecule has 5 rings (SSSR count). The fourth-order valence-electron chi connectivity index (χ4n) is 3.71. The van der Waals surface area contributed by atoms with Crippen LogP contribution in [0.5, 0.6) is 0 Å². The van der Waals surface area contributed by atoms with E-state index in [2.05, 4.69) is 20.4 Å². The molecule has 2 N–H and O–H groups in total. The second-order valence-corrected chi connectivity index (χ2v) is 7.92. The number of carbonyl (C=O) groups excluding carboxylic acids is 1. The van der Waals surface area contributed by atoms with Gasteiger partial charge >= 0.3 is 0 Å². The van der Waals surface area contributed by atoms with E-state index < -0.39 is 5.82 Å². The van der Waals surface area contributed by atoms with Crippen molar-refractivity contribution < 1.29 is 9.18 Å². The lowest BCUT2D eigenvalue weighted by molar-refractivity contribution is 0.0950. The molecule has 5 aromatic rings. The van der Waals surface area contributed by atoms with E-state index in [0.717, 1.165) is 11.1 Å². The molecule has 34 heavy (non-hydrogen) atoms. The van der Waals surface area contributed by atoms with Gasteiger partial charge in [-0.05, 0) is 23.3 Å². The summed E-state index contributed by atoms with van der Waals surface area (Å²) in [4.78, 5) is 31.3. The van der Waals surface area contributed by atoms with Gasteiger partial charge in [0.15, 0.2) is 5.82 Å². The lowest BCUT2D eigenvalue weighted by Crippen LogP contribution is -2.23. The molecule has 1 amide bonds. The molecule has 0 aliphatic rings. The predicted octanol–water partition coefficient (Wildman–Crippen LogP) is 3.09. The number of aromatic amines is 1. The van der Waals surface area contributed by atoms with Crippen LogP contribution >= 0.6 is 0 Å². The smallest absolute Gasteiger partial charge is 0.254 e. The maximum atomic E-state index is 14.5. The molecule has 0 unspecified atom stereocenters. The van der Waals surface area contributed by atoms with Gasteiger partial charge in [0.1, 0.15) is 0 Å². The number of rotatable bonds is 7. The van der Waals surface area contributed by atoms with Crippen molar-refractivity contribution >= 4 is 16.8 Å². The number of nitrogens with zero attached hydrogens (tertiary/aromatic N) is 4. The van der Waals surface area contributed by atoms with Gasteiger partial charge in [0.05, 0.1) is 42.6 Å². The SMILES string of the molecule is O=C(NCc1ncc2cc[nH]c2c1F)c1cnn(Cc2ccc(Cn3ccccc3=O)cc2)c1. The molecule has 0 saturated heterocycles. The van der Waals surface area contributed by atoms with Crippen LogP contribution in [0.1, 0.15) is 27.2 Å². The van der Waals surface area contributed by atoms with E-state index in [9.17, 15) is 14.0 Å². The highest BCUT2D eigenvalue weighted by molar-refractivity contribution is 5.93. The molecule has 4 heterocycles. The number of fused-ring (bicyclic) bond motifs is 1. The summed E-state index contributed by atoms with van der Waals surface area (Å²) in [5.41, 5.74) is 2.88. The number of halogens is 1. The van der Waals surface area contributed by atoms with Gasteiger partial charge < -0.3 is 14.9 Å². The Morgan fingerprint density at radius 2 is 1.82 bits per heavy atom. The van der Waals surface area contributed by atoms with Crippen LogP contribution in [0.25, 0.3) is 10.9 Å². The molecule has 0 aliphatic heterocycles. The topological polar surface area (TPSA) is 97.6 Å². The van der Waals surface area contributed by atoms with Gasteiger partial charge in [0, 0.05) is 36.2 Å². The van der Waals surface area contributed by atoms with Gasteiger partial charge in [0.2, 0.25) is 0 Å². The molecule has 1 aromatic carbocycles. The zero-order valence-electron chi connectivity index (χ0n) is 18.1. The van der Waals surface area contributed by atoms with Gasteiger partial charge in [0.25, 0.3) is 11.5 Å². The Kier molecular flexibility index (Phi) is 5.73. The van der Waals surface area contributed by atoms with E-state index in [-0.39, 0.29) is 23.7 Å². The molecule has 0 spiro atoms. The monoisotopic (exact) mass is 456 g/mol. The lowest BCUT2D eigenvalue weighted by Gasteiger charge is -2.07. The van der Waals surface area contributed by atoms with Crippen LogP contribution in [0.2, 0.25) is 0 Å². The molecular weight excluding hydrogens is 435 g/mol. The van der Waals surface area contributed by atoms with Crippen molar-refractivity contribution in [2.75, 3.05) is 0 Å². The van der Waals surface area contributed by atoms with Crippen molar-refractivity contribution in [3.63, 3.8) is 0 Å². The average molecular weight is 456 g/mol. The normalized spacial score (nSPS) is 11.1. The first-order valence-corrected chi connectivity index (χ1v) is 10.7. The molecule has 0 bridgehead atoms. The lowest BCUT2D eigenvalue weighted by atomic mass is 10.1. The Bertz CT molecular complexity index is 1520. The van der Waals surface area contributed by atoms with Crippen LogP contribution < -0.4 is 10.9 Å². The Labute approximate surface area is 193 Å². The second kappa shape index (κ2) is 9.14. The number of nitrogens with one attached hydrogen (secondary N) is 2. The van der Waals surface area contributed by atoms with E-state index in [1.165, 1.54) is 12.3 Å². The number of amides is 1. The molecule has 0 radical (unpaired) electrons. The van der Waals surface area contributed by atoms with Gasteiger partial charge in [-0.15, -0.1) is 0 Å². The molecular formula is C25H21FN6O2. The minimum atomic E-state index is -0.473. The first-order chi connectivity index (χ1) is 16.6. The summed E-state index contributed by atoms with van der Waals surface area (Å²) in [7, 11) is 0. The van der Waals surface area contributed by atoms with Crippen LogP contribution in [0.4, 0.5) is 4.39 Å². The van der Waals surface area contributed by atoms with Gasteiger partial charge in [-0.2, -0.15) is 5.10 Å². The highest BCUT2D eigenvalue weighted by atomic mass is 19.1. The van der Waals surface area contributed by atoms with E-state index in [4.69, 9.17) is 0 Å². The van der Waals surface area contributed by atoms with Crippen LogP contribution in [-0.4, -0.2) is 30.2 Å². The number of aromatic nitrogens is 5. The molecule has 0 aliphatic carbocycles. The highest BCUT2D eigenvalue weighted by Crippen LogP contribution is 2.17. The summed E-state index contributed by atoms with van der Waals surface area (Å²) >= 11 is 0. The summed E-state index contributed by atoms with van der Waals surface area (Å²) in [6.07, 6.45) is 8.09. The van der Waals surface area contributed by atoms with Crippen molar-refractivity contribution in [3.05, 3.63) is 118 Å². The van der Waals surface area contributed by atoms with Crippen molar-refractivity contribution in [1.29, 1.82) is 0 Å². The van der Waals surface area contributed by atoms with Gasteiger partial charge in [-0.1, -0.05) is 30.3 Å². The van der Waals surface area contributed by atoms with Gasteiger partial charge in [-0.25, -0.2) is 4.39 Å². The summed E-state index contributed by atoms with van der Waals surface area (Å²) in [5, 5.41) is 7.62. The van der Waals surface area contributed by atoms with Gasteiger partial charge in [-0.3, -0.25) is 19.3 Å². The van der Waals surface area contributed by atoms with E-state index in [0.29, 0.717) is 29.6 Å². The predicted molar refractivity (Wildman–Crippen MR) is 125 cm³/mol. The number of H-pyrrole nitrogens is 1. The molecule has 9 heteroatoms. The zero-order valence-corrected chi connectivity index (χ0v) is 18.1. The molecule has 4 aromatic heterocycles. The summed E-state index contributed by atoms with van der Waals surface area (Å²) in [5.74, 6) is -0.832. The van der Waals surface area contributed by atoms with E-state index >= 15 is 0 Å². The fourth-order valence-corrected chi connectivity index (χ4v) is 3.71. The zero-order chi connectivity index (χ0) is 23.5. The van der Waals surface area contributed by atoms with E-state index in [1.54, 1.807) is 46.2 Å². The molecule has 170 valence electrons. The first-order valence-electron chi connectivity index (χ1n) is 10.7. The number of benzene rings is 1. The van der Waals surface area contributed by atoms with Crippen LogP contribution in [0, 0.1) is 5.82 Å². The van der Waals surface area contributed by atoms with Crippen molar-refractivity contribution in [1.82, 2.24) is 29.6 Å². The Hall–Kier alpha value is -4.53. The quantitative estimate of drug-likeness (QED) is 0.393. The maximum Gasteiger partial charge on any atom is 0.254 e. The molecule has 0 atom stereocenters. The maximum absolute atomic E-state index is 14.5. The summed E-state index contributed by atoms with van der Waals surface area (Å²) < 4.78 is 17.8. The third-order valence-corrected chi connectivity index (χ3v) is 5.54. The highest BCUT2D eigenvalue weighted by Gasteiger charge is 2.13. The molecule has 0 fully saturated rings. The van der Waals surface area contributed by atoms with Crippen molar-refractivity contribution in [3.8, 4) is 0 Å². The second-order valence-electron chi connectivity index (χ2n) is 7.92. The largest absolute Gasteiger partial charge is 0.359 e. The summed E-state index contributed by atoms with van der Waals surface area (Å²) in [6, 6.07) is 14.7. The van der Waals surface area contributed by atoms with Crippen LogP contribution in [0.3, 0.4) is 0 Å². The fraction of sp³-hybridized carbons (Fsp3) is 0.120. The van der Waals surface area contributed by atoms with Crippen LogP contribution in [-0.2, 0) is 19.6 Å². The molecule has 8 nitrogen and oxygen atoms in total. The number of pyridine rings is 2. The standard InChI is InChI=1S/C25H21FN6O2/c26-23-21(28-11-19-8-9-27-24(19)23)13-29-25(34)20-12-30-32(16-20)15-18-6-4-17(5-7-18)14-31-10-2-1-3-22(31)33/h1-12,16,27H,13-15H2,(H,29,34). The number of carbonyl (C=O) groups is 1. The van der Waals surface area contributed by atoms with E-state index in [1.807, 2.05) is 30.3 Å². The minimum absolute atomic E-state index is 0.0310. The number of hydrogen-bond donors (Lipinski definition) is 2. The molecule has 0 saturated carbocycles. The third kappa shape index (κ3) is 4.49. The number of hydrogen-bond acceptors (Lipinski definition) is 4. The Balaban J connectivity index is 1.19. The first kappa shape index (κ1) is 21.3. The van der Waals surface area contributed by atoms with Crippen molar-refractivity contribution in [2.24, 2.45) is 0 Å².